The Hall–Kier alpha value is -0.790. The van der Waals surface area contributed by atoms with Gasteiger partial charge >= 0.3 is 5.97 Å². The molecule has 0 amide bonds. The Balaban J connectivity index is 4.07. The molecule has 2 heteroatoms. The Kier molecular flexibility index (Phi) is 3.13. The minimum absolute atomic E-state index is 0.0671. The van der Waals surface area contributed by atoms with Crippen LogP contribution in [0, 0.1) is 11.8 Å². The molecule has 0 heterocycles. The molecule has 1 N–H and O–H groups in total. The Morgan fingerprint density at radius 3 is 1.90 bits per heavy atom. The highest BCUT2D eigenvalue weighted by atomic mass is 16.4. The van der Waals surface area contributed by atoms with E-state index in [1.807, 2.05) is 13.8 Å². The molecule has 0 radical (unpaired) electrons. The highest BCUT2D eigenvalue weighted by Crippen LogP contribution is 2.17. The molecule has 0 spiro atoms. The molecule has 0 rings (SSSR count). The van der Waals surface area contributed by atoms with E-state index < -0.39 is 5.97 Å². The molecule has 0 saturated heterocycles. The third-order valence-corrected chi connectivity index (χ3v) is 1.92. The van der Waals surface area contributed by atoms with Crippen molar-refractivity contribution in [2.24, 2.45) is 11.8 Å². The number of carboxylic acid groups (broad SMARTS) is 1. The Labute approximate surface area is 61.6 Å². The fraction of sp³-hybridized carbons (Fsp3) is 0.625. The van der Waals surface area contributed by atoms with Crippen LogP contribution in [0.5, 0.6) is 0 Å². The van der Waals surface area contributed by atoms with Gasteiger partial charge in [0.05, 0.1) is 5.92 Å². The van der Waals surface area contributed by atoms with E-state index in [1.165, 1.54) is 0 Å². The van der Waals surface area contributed by atoms with E-state index in [2.05, 4.69) is 6.58 Å². The summed E-state index contributed by atoms with van der Waals surface area (Å²) >= 11 is 0. The summed E-state index contributed by atoms with van der Waals surface area (Å²) in [5.41, 5.74) is 0.926. The minimum atomic E-state index is -0.754. The van der Waals surface area contributed by atoms with E-state index in [9.17, 15) is 4.79 Å². The summed E-state index contributed by atoms with van der Waals surface area (Å²) in [6, 6.07) is 0. The van der Waals surface area contributed by atoms with Crippen molar-refractivity contribution in [2.75, 3.05) is 0 Å². The van der Waals surface area contributed by atoms with Crippen molar-refractivity contribution in [3.8, 4) is 0 Å². The van der Waals surface area contributed by atoms with E-state index in [4.69, 9.17) is 5.11 Å². The molecule has 0 aliphatic rings. The maximum atomic E-state index is 10.4. The van der Waals surface area contributed by atoms with Gasteiger partial charge in [-0.05, 0) is 12.8 Å². The number of carboxylic acids is 1. The monoisotopic (exact) mass is 142 g/mol. The third kappa shape index (κ3) is 2.21. The second-order valence-electron chi connectivity index (χ2n) is 2.76. The molecule has 58 valence electrons. The first-order valence-corrected chi connectivity index (χ1v) is 3.35. The van der Waals surface area contributed by atoms with Crippen LogP contribution in [-0.4, -0.2) is 11.1 Å². The molecule has 0 aromatic rings. The molecule has 0 fully saturated rings. The van der Waals surface area contributed by atoms with Crippen LogP contribution in [0.4, 0.5) is 0 Å². The number of hydrogen-bond donors (Lipinski definition) is 1. The topological polar surface area (TPSA) is 37.3 Å². The summed E-state index contributed by atoms with van der Waals surface area (Å²) in [5.74, 6) is -1.01. The number of rotatable bonds is 3. The smallest absolute Gasteiger partial charge is 0.306 e. The van der Waals surface area contributed by atoms with E-state index in [1.54, 1.807) is 6.92 Å². The second kappa shape index (κ2) is 3.40. The number of hydrogen-bond acceptors (Lipinski definition) is 1. The standard InChI is InChI=1S/C8H14O2/c1-5(2)6(3)7(4)8(9)10/h6-7H,1H2,2-4H3,(H,9,10). The lowest BCUT2D eigenvalue weighted by atomic mass is 9.91. The SMILES string of the molecule is C=C(C)C(C)C(C)C(=O)O. The fourth-order valence-corrected chi connectivity index (χ4v) is 0.641. The highest BCUT2D eigenvalue weighted by Gasteiger charge is 2.18. The Morgan fingerprint density at radius 1 is 1.40 bits per heavy atom. The largest absolute Gasteiger partial charge is 0.481 e. The van der Waals surface area contributed by atoms with E-state index in [0.717, 1.165) is 5.57 Å². The van der Waals surface area contributed by atoms with Crippen molar-refractivity contribution in [1.82, 2.24) is 0 Å². The van der Waals surface area contributed by atoms with Crippen LogP contribution in [-0.2, 0) is 4.79 Å². The van der Waals surface area contributed by atoms with Gasteiger partial charge in [0, 0.05) is 0 Å². The molecule has 2 atom stereocenters. The molecular weight excluding hydrogens is 128 g/mol. The lowest BCUT2D eigenvalue weighted by Crippen LogP contribution is -2.18. The highest BCUT2D eigenvalue weighted by molar-refractivity contribution is 5.70. The van der Waals surface area contributed by atoms with Crippen molar-refractivity contribution < 1.29 is 9.90 Å². The molecule has 0 aliphatic carbocycles. The first-order valence-electron chi connectivity index (χ1n) is 3.35. The van der Waals surface area contributed by atoms with Gasteiger partial charge in [-0.3, -0.25) is 4.79 Å². The van der Waals surface area contributed by atoms with E-state index in [0.29, 0.717) is 0 Å². The molecule has 0 bridgehead atoms. The average Bonchev–Trinajstić information content (AvgIpc) is 1.84. The van der Waals surface area contributed by atoms with Gasteiger partial charge in [0.25, 0.3) is 0 Å². The molecule has 0 aromatic carbocycles. The Morgan fingerprint density at radius 2 is 1.80 bits per heavy atom. The average molecular weight is 142 g/mol. The van der Waals surface area contributed by atoms with Gasteiger partial charge in [0.1, 0.15) is 0 Å². The predicted molar refractivity (Wildman–Crippen MR) is 40.8 cm³/mol. The maximum absolute atomic E-state index is 10.4. The van der Waals surface area contributed by atoms with Crippen LogP contribution in [0.25, 0.3) is 0 Å². The zero-order valence-electron chi connectivity index (χ0n) is 6.72. The Bertz CT molecular complexity index is 131. The minimum Gasteiger partial charge on any atom is -0.481 e. The summed E-state index contributed by atoms with van der Waals surface area (Å²) in [5, 5.41) is 8.56. The van der Waals surface area contributed by atoms with Crippen LogP contribution >= 0.6 is 0 Å². The first-order chi connectivity index (χ1) is 4.46. The molecular formula is C8H14O2. The molecule has 2 nitrogen and oxygen atoms in total. The van der Waals surface area contributed by atoms with Crippen molar-refractivity contribution in [3.05, 3.63) is 12.2 Å². The molecule has 0 aromatic heterocycles. The number of aliphatic carboxylic acids is 1. The maximum Gasteiger partial charge on any atom is 0.306 e. The van der Waals surface area contributed by atoms with Crippen LogP contribution < -0.4 is 0 Å². The third-order valence-electron chi connectivity index (χ3n) is 1.92. The molecule has 0 saturated carbocycles. The van der Waals surface area contributed by atoms with Crippen molar-refractivity contribution >= 4 is 5.97 Å². The zero-order chi connectivity index (χ0) is 8.31. The van der Waals surface area contributed by atoms with Gasteiger partial charge < -0.3 is 5.11 Å². The van der Waals surface area contributed by atoms with Gasteiger partial charge in [0.15, 0.2) is 0 Å². The van der Waals surface area contributed by atoms with E-state index >= 15 is 0 Å². The van der Waals surface area contributed by atoms with Crippen molar-refractivity contribution in [1.29, 1.82) is 0 Å². The summed E-state index contributed by atoms with van der Waals surface area (Å²) in [6.45, 7) is 9.12. The summed E-state index contributed by atoms with van der Waals surface area (Å²) in [4.78, 5) is 10.4. The fourth-order valence-electron chi connectivity index (χ4n) is 0.641. The lowest BCUT2D eigenvalue weighted by Gasteiger charge is -2.14. The van der Waals surface area contributed by atoms with Crippen molar-refractivity contribution in [2.45, 2.75) is 20.8 Å². The first kappa shape index (κ1) is 9.21. The molecule has 10 heavy (non-hydrogen) atoms. The van der Waals surface area contributed by atoms with Crippen LogP contribution in [0.15, 0.2) is 12.2 Å². The molecule has 2 unspecified atom stereocenters. The molecule has 0 aliphatic heterocycles. The normalized spacial score (nSPS) is 15.9. The number of carbonyl (C=O) groups is 1. The zero-order valence-corrected chi connectivity index (χ0v) is 6.72. The van der Waals surface area contributed by atoms with Gasteiger partial charge in [-0.15, -0.1) is 0 Å². The summed E-state index contributed by atoms with van der Waals surface area (Å²) < 4.78 is 0. The van der Waals surface area contributed by atoms with Gasteiger partial charge in [-0.2, -0.15) is 0 Å². The summed E-state index contributed by atoms with van der Waals surface area (Å²) in [7, 11) is 0. The van der Waals surface area contributed by atoms with E-state index in [-0.39, 0.29) is 11.8 Å². The quantitative estimate of drug-likeness (QED) is 0.611. The van der Waals surface area contributed by atoms with Gasteiger partial charge in [-0.1, -0.05) is 26.0 Å². The predicted octanol–water partition coefficient (Wildman–Crippen LogP) is 1.92. The van der Waals surface area contributed by atoms with Gasteiger partial charge in [0.2, 0.25) is 0 Å². The van der Waals surface area contributed by atoms with Crippen molar-refractivity contribution in [3.63, 3.8) is 0 Å². The van der Waals surface area contributed by atoms with Crippen LogP contribution in [0.3, 0.4) is 0 Å². The summed E-state index contributed by atoms with van der Waals surface area (Å²) in [6.07, 6.45) is 0. The van der Waals surface area contributed by atoms with Gasteiger partial charge in [-0.25, -0.2) is 0 Å². The number of allylic oxidation sites excluding steroid dienone is 1. The lowest BCUT2D eigenvalue weighted by molar-refractivity contribution is -0.142. The van der Waals surface area contributed by atoms with Crippen LogP contribution in [0.2, 0.25) is 0 Å². The van der Waals surface area contributed by atoms with Crippen LogP contribution in [0.1, 0.15) is 20.8 Å². The second-order valence-corrected chi connectivity index (χ2v) is 2.76.